The fourth-order valence-corrected chi connectivity index (χ4v) is 1.81. The van der Waals surface area contributed by atoms with Gasteiger partial charge in [0.2, 0.25) is 11.8 Å². The Labute approximate surface area is 92.9 Å². The van der Waals surface area contributed by atoms with Gasteiger partial charge in [-0.25, -0.2) is 4.39 Å². The summed E-state index contributed by atoms with van der Waals surface area (Å²) in [6, 6.07) is 6.40. The lowest BCUT2D eigenvalue weighted by Crippen LogP contribution is -2.31. The Kier molecular flexibility index (Phi) is 2.99. The lowest BCUT2D eigenvalue weighted by molar-refractivity contribution is -0.138. The van der Waals surface area contributed by atoms with Crippen molar-refractivity contribution in [1.29, 1.82) is 0 Å². The maximum atomic E-state index is 13.3. The number of hydrogen-bond acceptors (Lipinski definition) is 2. The minimum atomic E-state index is -0.290. The molecule has 84 valence electrons. The number of benzene rings is 1. The number of nitrogens with zero attached hydrogens (tertiary/aromatic N) is 1. The van der Waals surface area contributed by atoms with E-state index in [0.717, 1.165) is 0 Å². The lowest BCUT2D eigenvalue weighted by atomic mass is 10.1. The van der Waals surface area contributed by atoms with Crippen LogP contribution in [0.15, 0.2) is 24.3 Å². The Balaban J connectivity index is 2.00. The summed E-state index contributed by atoms with van der Waals surface area (Å²) in [5.41, 5.74) is 0.537. The van der Waals surface area contributed by atoms with Gasteiger partial charge in [0.15, 0.2) is 0 Å². The van der Waals surface area contributed by atoms with E-state index < -0.39 is 0 Å². The molecule has 0 unspecified atom stereocenters. The number of amides is 2. The third kappa shape index (κ3) is 2.10. The molecule has 1 saturated heterocycles. The van der Waals surface area contributed by atoms with Gasteiger partial charge in [-0.05, 0) is 18.1 Å². The minimum absolute atomic E-state index is 0.152. The fourth-order valence-electron chi connectivity index (χ4n) is 1.81. The monoisotopic (exact) mass is 221 g/mol. The van der Waals surface area contributed by atoms with Gasteiger partial charge in [0.05, 0.1) is 0 Å². The summed E-state index contributed by atoms with van der Waals surface area (Å²) >= 11 is 0. The Bertz CT molecular complexity index is 415. The maximum Gasteiger partial charge on any atom is 0.229 e. The Morgan fingerprint density at radius 2 is 1.75 bits per heavy atom. The molecule has 1 aliphatic rings. The third-order valence-electron chi connectivity index (χ3n) is 2.72. The Morgan fingerprint density at radius 3 is 2.38 bits per heavy atom. The molecule has 1 fully saturated rings. The van der Waals surface area contributed by atoms with Crippen molar-refractivity contribution in [3.05, 3.63) is 35.6 Å². The summed E-state index contributed by atoms with van der Waals surface area (Å²) in [6.07, 6.45) is 0.955. The molecular weight excluding hydrogens is 209 g/mol. The van der Waals surface area contributed by atoms with E-state index in [-0.39, 0.29) is 37.0 Å². The zero-order valence-corrected chi connectivity index (χ0v) is 8.78. The van der Waals surface area contributed by atoms with E-state index >= 15 is 0 Å². The first-order chi connectivity index (χ1) is 7.68. The zero-order chi connectivity index (χ0) is 11.5. The number of imide groups is 1. The van der Waals surface area contributed by atoms with E-state index in [1.54, 1.807) is 18.2 Å². The van der Waals surface area contributed by atoms with Gasteiger partial charge in [-0.15, -0.1) is 0 Å². The SMILES string of the molecule is O=C1CCC(=O)N1CCc1ccccc1F. The van der Waals surface area contributed by atoms with Crippen LogP contribution in [0, 0.1) is 5.82 Å². The highest BCUT2D eigenvalue weighted by atomic mass is 19.1. The lowest BCUT2D eigenvalue weighted by Gasteiger charge is -2.13. The molecule has 1 aromatic carbocycles. The third-order valence-corrected chi connectivity index (χ3v) is 2.72. The van der Waals surface area contributed by atoms with Crippen LogP contribution in [0.3, 0.4) is 0 Å². The second-order valence-electron chi connectivity index (χ2n) is 3.78. The first-order valence-corrected chi connectivity index (χ1v) is 5.25. The molecule has 2 amide bonds. The van der Waals surface area contributed by atoms with Crippen molar-refractivity contribution in [2.75, 3.05) is 6.54 Å². The predicted octanol–water partition coefficient (Wildman–Crippen LogP) is 1.52. The number of carbonyl (C=O) groups is 2. The van der Waals surface area contributed by atoms with Crippen LogP contribution in [0.25, 0.3) is 0 Å². The molecule has 1 aliphatic heterocycles. The highest BCUT2D eigenvalue weighted by molar-refractivity contribution is 6.01. The minimum Gasteiger partial charge on any atom is -0.282 e. The van der Waals surface area contributed by atoms with Crippen molar-refractivity contribution in [3.63, 3.8) is 0 Å². The summed E-state index contributed by atoms with van der Waals surface area (Å²) in [5.74, 6) is -0.593. The molecule has 4 heteroatoms. The number of rotatable bonds is 3. The van der Waals surface area contributed by atoms with Crippen molar-refractivity contribution in [1.82, 2.24) is 4.90 Å². The van der Waals surface area contributed by atoms with Gasteiger partial charge in [0.1, 0.15) is 5.82 Å². The molecular formula is C12H12FNO2. The van der Waals surface area contributed by atoms with E-state index in [1.165, 1.54) is 11.0 Å². The molecule has 0 spiro atoms. The smallest absolute Gasteiger partial charge is 0.229 e. The molecule has 1 heterocycles. The summed E-state index contributed by atoms with van der Waals surface area (Å²) in [6.45, 7) is 0.276. The molecule has 0 bridgehead atoms. The molecule has 16 heavy (non-hydrogen) atoms. The van der Waals surface area contributed by atoms with Crippen molar-refractivity contribution in [2.24, 2.45) is 0 Å². The second kappa shape index (κ2) is 4.43. The molecule has 3 nitrogen and oxygen atoms in total. The molecule has 0 aromatic heterocycles. The molecule has 2 rings (SSSR count). The standard InChI is InChI=1S/C12H12FNO2/c13-10-4-2-1-3-9(10)7-8-14-11(15)5-6-12(14)16/h1-4H,5-8H2. The molecule has 0 radical (unpaired) electrons. The van der Waals surface area contributed by atoms with Gasteiger partial charge in [-0.2, -0.15) is 0 Å². The predicted molar refractivity (Wildman–Crippen MR) is 56.1 cm³/mol. The van der Waals surface area contributed by atoms with Crippen molar-refractivity contribution < 1.29 is 14.0 Å². The topological polar surface area (TPSA) is 37.4 Å². The molecule has 0 aliphatic carbocycles. The van der Waals surface area contributed by atoms with Gasteiger partial charge < -0.3 is 0 Å². The van der Waals surface area contributed by atoms with Crippen LogP contribution >= 0.6 is 0 Å². The number of halogens is 1. The summed E-state index contributed by atoms with van der Waals surface area (Å²) in [5, 5.41) is 0. The summed E-state index contributed by atoms with van der Waals surface area (Å²) in [4.78, 5) is 23.8. The second-order valence-corrected chi connectivity index (χ2v) is 3.78. The van der Waals surface area contributed by atoms with Crippen molar-refractivity contribution in [3.8, 4) is 0 Å². The maximum absolute atomic E-state index is 13.3. The van der Waals surface area contributed by atoms with E-state index in [4.69, 9.17) is 0 Å². The fraction of sp³-hybridized carbons (Fsp3) is 0.333. The molecule has 0 saturated carbocycles. The molecule has 0 atom stereocenters. The van der Waals surface area contributed by atoms with Crippen LogP contribution in [0.2, 0.25) is 0 Å². The first-order valence-electron chi connectivity index (χ1n) is 5.25. The van der Waals surface area contributed by atoms with Gasteiger partial charge >= 0.3 is 0 Å². The van der Waals surface area contributed by atoms with E-state index in [0.29, 0.717) is 12.0 Å². The van der Waals surface area contributed by atoms with Crippen LogP contribution in [0.1, 0.15) is 18.4 Å². The van der Waals surface area contributed by atoms with Crippen LogP contribution < -0.4 is 0 Å². The highest BCUT2D eigenvalue weighted by Gasteiger charge is 2.28. The normalized spacial score (nSPS) is 15.9. The van der Waals surface area contributed by atoms with E-state index in [1.807, 2.05) is 0 Å². The van der Waals surface area contributed by atoms with Gasteiger partial charge in [0.25, 0.3) is 0 Å². The van der Waals surface area contributed by atoms with Crippen LogP contribution in [0.5, 0.6) is 0 Å². The quantitative estimate of drug-likeness (QED) is 0.726. The number of hydrogen-bond donors (Lipinski definition) is 0. The van der Waals surface area contributed by atoms with E-state index in [9.17, 15) is 14.0 Å². The zero-order valence-electron chi connectivity index (χ0n) is 8.78. The van der Waals surface area contributed by atoms with E-state index in [2.05, 4.69) is 0 Å². The highest BCUT2D eigenvalue weighted by Crippen LogP contribution is 2.14. The average molecular weight is 221 g/mol. The Morgan fingerprint density at radius 1 is 1.12 bits per heavy atom. The van der Waals surface area contributed by atoms with Crippen LogP contribution in [-0.4, -0.2) is 23.3 Å². The summed E-state index contributed by atoms with van der Waals surface area (Å²) < 4.78 is 13.3. The average Bonchev–Trinajstić information content (AvgIpc) is 2.58. The largest absolute Gasteiger partial charge is 0.282 e. The van der Waals surface area contributed by atoms with Gasteiger partial charge in [-0.1, -0.05) is 18.2 Å². The number of carbonyl (C=O) groups excluding carboxylic acids is 2. The molecule has 0 N–H and O–H groups in total. The first kappa shape index (κ1) is 10.8. The van der Waals surface area contributed by atoms with Gasteiger partial charge in [-0.3, -0.25) is 14.5 Å². The summed E-state index contributed by atoms with van der Waals surface area (Å²) in [7, 11) is 0. The van der Waals surface area contributed by atoms with Crippen molar-refractivity contribution >= 4 is 11.8 Å². The van der Waals surface area contributed by atoms with Crippen molar-refractivity contribution in [2.45, 2.75) is 19.3 Å². The van der Waals surface area contributed by atoms with Gasteiger partial charge in [0, 0.05) is 19.4 Å². The number of likely N-dealkylation sites (tertiary alicyclic amines) is 1. The van der Waals surface area contributed by atoms with Crippen LogP contribution in [-0.2, 0) is 16.0 Å². The van der Waals surface area contributed by atoms with Crippen LogP contribution in [0.4, 0.5) is 4.39 Å². The Hall–Kier alpha value is -1.71. The molecule has 1 aromatic rings.